The van der Waals surface area contributed by atoms with Crippen LogP contribution in [0.3, 0.4) is 0 Å². The van der Waals surface area contributed by atoms with E-state index < -0.39 is 11.9 Å². The summed E-state index contributed by atoms with van der Waals surface area (Å²) in [7, 11) is 0. The van der Waals surface area contributed by atoms with Crippen LogP contribution < -0.4 is 5.32 Å². The SMILES string of the molecule is O=C(C1CC1)N1CC2CC(C1)N2.O=C(O)CCCCC(=O)O. The van der Waals surface area contributed by atoms with Crippen LogP contribution in [0, 0.1) is 5.92 Å². The fourth-order valence-corrected chi connectivity index (χ4v) is 2.83. The first-order valence-corrected chi connectivity index (χ1v) is 7.94. The number of hydrogen-bond donors (Lipinski definition) is 3. The van der Waals surface area contributed by atoms with E-state index in [0.717, 1.165) is 25.9 Å². The van der Waals surface area contributed by atoms with Crippen molar-refractivity contribution in [1.82, 2.24) is 10.2 Å². The number of amides is 1. The number of unbranched alkanes of at least 4 members (excludes halogenated alkanes) is 1. The molecule has 1 saturated carbocycles. The van der Waals surface area contributed by atoms with Crippen molar-refractivity contribution in [2.24, 2.45) is 5.92 Å². The summed E-state index contributed by atoms with van der Waals surface area (Å²) in [5.41, 5.74) is 0. The van der Waals surface area contributed by atoms with Crippen LogP contribution in [0.1, 0.15) is 44.9 Å². The lowest BCUT2D eigenvalue weighted by molar-refractivity contribution is -0.139. The number of carbonyl (C=O) groups is 3. The maximum atomic E-state index is 11.6. The zero-order chi connectivity index (χ0) is 16.1. The maximum absolute atomic E-state index is 11.6. The number of rotatable bonds is 6. The third-order valence-electron chi connectivity index (χ3n) is 4.19. The third kappa shape index (κ3) is 5.29. The molecule has 7 heteroatoms. The summed E-state index contributed by atoms with van der Waals surface area (Å²) in [4.78, 5) is 33.5. The molecule has 0 aromatic carbocycles. The van der Waals surface area contributed by atoms with Crippen LogP contribution in [0.2, 0.25) is 0 Å². The van der Waals surface area contributed by atoms with Crippen molar-refractivity contribution in [1.29, 1.82) is 0 Å². The largest absolute Gasteiger partial charge is 0.481 e. The van der Waals surface area contributed by atoms with E-state index in [-0.39, 0.29) is 12.8 Å². The lowest BCUT2D eigenvalue weighted by Crippen LogP contribution is -2.67. The van der Waals surface area contributed by atoms with E-state index in [1.807, 2.05) is 0 Å². The van der Waals surface area contributed by atoms with Crippen LogP contribution >= 0.6 is 0 Å². The van der Waals surface area contributed by atoms with Gasteiger partial charge in [-0.2, -0.15) is 0 Å². The zero-order valence-corrected chi connectivity index (χ0v) is 12.7. The Kier molecular flexibility index (Phi) is 5.76. The van der Waals surface area contributed by atoms with Gasteiger partial charge < -0.3 is 20.4 Å². The highest BCUT2D eigenvalue weighted by Crippen LogP contribution is 2.33. The third-order valence-corrected chi connectivity index (χ3v) is 4.19. The molecule has 2 bridgehead atoms. The van der Waals surface area contributed by atoms with Crippen molar-refractivity contribution < 1.29 is 24.6 Å². The smallest absolute Gasteiger partial charge is 0.303 e. The molecule has 4 rings (SSSR count). The first-order valence-electron chi connectivity index (χ1n) is 7.94. The maximum Gasteiger partial charge on any atom is 0.303 e. The Bertz CT molecular complexity index is 404. The average Bonchev–Trinajstić information content (AvgIpc) is 3.27. The fourth-order valence-electron chi connectivity index (χ4n) is 2.83. The molecule has 3 heterocycles. The first kappa shape index (κ1) is 16.7. The van der Waals surface area contributed by atoms with Gasteiger partial charge in [0.05, 0.1) is 0 Å². The first-order chi connectivity index (χ1) is 10.5. The van der Waals surface area contributed by atoms with Crippen LogP contribution in [0.15, 0.2) is 0 Å². The van der Waals surface area contributed by atoms with Gasteiger partial charge in [0.2, 0.25) is 5.91 Å². The minimum absolute atomic E-state index is 0.0628. The Balaban J connectivity index is 0.000000165. The second-order valence-electron chi connectivity index (χ2n) is 6.31. The zero-order valence-electron chi connectivity index (χ0n) is 12.7. The summed E-state index contributed by atoms with van der Waals surface area (Å²) >= 11 is 0. The highest BCUT2D eigenvalue weighted by molar-refractivity contribution is 5.81. The van der Waals surface area contributed by atoms with E-state index in [1.165, 1.54) is 6.42 Å². The molecule has 1 aliphatic carbocycles. The van der Waals surface area contributed by atoms with E-state index >= 15 is 0 Å². The lowest BCUT2D eigenvalue weighted by Gasteiger charge is -2.48. The molecule has 2 unspecified atom stereocenters. The van der Waals surface area contributed by atoms with Gasteiger partial charge in [-0.15, -0.1) is 0 Å². The summed E-state index contributed by atoms with van der Waals surface area (Å²) in [5.74, 6) is -0.913. The van der Waals surface area contributed by atoms with Crippen LogP contribution in [0.5, 0.6) is 0 Å². The van der Waals surface area contributed by atoms with Gasteiger partial charge in [0, 0.05) is 43.9 Å². The molecule has 22 heavy (non-hydrogen) atoms. The molecule has 4 aliphatic rings. The predicted octanol–water partition coefficient (Wildman–Crippen LogP) is 0.685. The Morgan fingerprint density at radius 2 is 1.41 bits per heavy atom. The molecule has 2 atom stereocenters. The van der Waals surface area contributed by atoms with Crippen LogP contribution in [-0.4, -0.2) is 58.1 Å². The highest BCUT2D eigenvalue weighted by atomic mass is 16.4. The Hall–Kier alpha value is -1.63. The number of hydrogen-bond acceptors (Lipinski definition) is 4. The number of carboxylic acids is 2. The van der Waals surface area contributed by atoms with Crippen molar-refractivity contribution in [2.75, 3.05) is 13.1 Å². The molecule has 0 aromatic heterocycles. The molecule has 3 aliphatic heterocycles. The van der Waals surface area contributed by atoms with E-state index in [9.17, 15) is 14.4 Å². The molecule has 0 spiro atoms. The molecule has 7 nitrogen and oxygen atoms in total. The summed E-state index contributed by atoms with van der Waals surface area (Å²) in [6, 6.07) is 1.23. The highest BCUT2D eigenvalue weighted by Gasteiger charge is 2.42. The van der Waals surface area contributed by atoms with Crippen molar-refractivity contribution in [3.05, 3.63) is 0 Å². The van der Waals surface area contributed by atoms with Crippen molar-refractivity contribution in [3.63, 3.8) is 0 Å². The van der Waals surface area contributed by atoms with Crippen LogP contribution in [-0.2, 0) is 14.4 Å². The van der Waals surface area contributed by atoms with E-state index in [0.29, 0.717) is 36.8 Å². The van der Waals surface area contributed by atoms with Gasteiger partial charge in [-0.05, 0) is 32.1 Å². The van der Waals surface area contributed by atoms with E-state index in [4.69, 9.17) is 10.2 Å². The van der Waals surface area contributed by atoms with Gasteiger partial charge in [0.25, 0.3) is 0 Å². The second kappa shape index (κ2) is 7.58. The van der Waals surface area contributed by atoms with Gasteiger partial charge in [0.15, 0.2) is 0 Å². The molecule has 124 valence electrons. The van der Waals surface area contributed by atoms with Crippen molar-refractivity contribution in [3.8, 4) is 0 Å². The normalized spacial score (nSPS) is 25.5. The molecule has 0 radical (unpaired) electrons. The number of piperidine rings is 1. The Morgan fingerprint density at radius 1 is 0.955 bits per heavy atom. The number of aliphatic carboxylic acids is 2. The summed E-state index contributed by atoms with van der Waals surface area (Å²) in [6.45, 7) is 1.93. The average molecular weight is 312 g/mol. The summed E-state index contributed by atoms with van der Waals surface area (Å²) in [6.07, 6.45) is 4.58. The second-order valence-corrected chi connectivity index (χ2v) is 6.31. The molecule has 4 fully saturated rings. The van der Waals surface area contributed by atoms with Crippen molar-refractivity contribution in [2.45, 2.75) is 57.0 Å². The minimum Gasteiger partial charge on any atom is -0.481 e. The molecule has 3 N–H and O–H groups in total. The Morgan fingerprint density at radius 3 is 1.77 bits per heavy atom. The lowest BCUT2D eigenvalue weighted by atomic mass is 9.91. The Labute approximate surface area is 129 Å². The summed E-state index contributed by atoms with van der Waals surface area (Å²) in [5, 5.41) is 19.7. The van der Waals surface area contributed by atoms with Gasteiger partial charge in [-0.3, -0.25) is 14.4 Å². The topological polar surface area (TPSA) is 107 Å². The molecule has 0 aromatic rings. The van der Waals surface area contributed by atoms with Gasteiger partial charge in [0.1, 0.15) is 0 Å². The molecule has 1 amide bonds. The molecular formula is C15H24N2O5. The number of carboxylic acid groups (broad SMARTS) is 2. The number of carbonyl (C=O) groups excluding carboxylic acids is 1. The van der Waals surface area contributed by atoms with Crippen molar-refractivity contribution >= 4 is 17.8 Å². The predicted molar refractivity (Wildman–Crippen MR) is 78.4 cm³/mol. The quantitative estimate of drug-likeness (QED) is 0.623. The monoisotopic (exact) mass is 312 g/mol. The van der Waals surface area contributed by atoms with E-state index in [2.05, 4.69) is 10.2 Å². The molecular weight excluding hydrogens is 288 g/mol. The van der Waals surface area contributed by atoms with Crippen LogP contribution in [0.4, 0.5) is 0 Å². The van der Waals surface area contributed by atoms with E-state index in [1.54, 1.807) is 0 Å². The number of piperazine rings is 1. The van der Waals surface area contributed by atoms with Crippen LogP contribution in [0.25, 0.3) is 0 Å². The minimum atomic E-state index is -0.870. The standard InChI is InChI=1S/C9H14N2O.C6H10O4/c12-9(6-1-2-6)11-4-7-3-8(5-11)10-7;7-5(8)3-1-2-4-6(9)10/h6-8,10H,1-5H2;1-4H2,(H,7,8)(H,9,10). The van der Waals surface area contributed by atoms with Gasteiger partial charge in [-0.1, -0.05) is 0 Å². The number of fused-ring (bicyclic) bond motifs is 2. The van der Waals surface area contributed by atoms with Gasteiger partial charge >= 0.3 is 11.9 Å². The number of nitrogens with zero attached hydrogens (tertiary/aromatic N) is 1. The molecule has 3 saturated heterocycles. The van der Waals surface area contributed by atoms with Gasteiger partial charge in [-0.25, -0.2) is 0 Å². The number of nitrogens with one attached hydrogen (secondary N) is 1. The fraction of sp³-hybridized carbons (Fsp3) is 0.800. The summed E-state index contributed by atoms with van der Waals surface area (Å²) < 4.78 is 0.